The average Bonchev–Trinajstić information content (AvgIpc) is 2.57. The minimum Gasteiger partial charge on any atom is -0.394 e. The molecule has 1 aliphatic heterocycles. The number of aliphatic hydroxyl groups is 3. The summed E-state index contributed by atoms with van der Waals surface area (Å²) in [5.74, 6) is 0. The predicted octanol–water partition coefficient (Wildman–Crippen LogP) is -2.15. The number of hydrogen-bond donors (Lipinski definition) is 3. The molecule has 1 saturated heterocycles. The standard InChI is InChI=1S/C9H12N2O5/c12-3-5-7(14)8(15)9(16-5)11-2-1-6(13)10-4-11/h1-2,4-5,7-9,12,14-15H,3H2/t5-,7?,8-,9-/m0/s1. The van der Waals surface area contributed by atoms with Gasteiger partial charge in [0.25, 0.3) is 5.56 Å². The van der Waals surface area contributed by atoms with Gasteiger partial charge in [-0.05, 0) is 0 Å². The molecule has 0 saturated carbocycles. The monoisotopic (exact) mass is 228 g/mol. The zero-order chi connectivity index (χ0) is 11.7. The highest BCUT2D eigenvalue weighted by molar-refractivity contribution is 4.92. The summed E-state index contributed by atoms with van der Waals surface area (Å²) in [6, 6.07) is 1.22. The van der Waals surface area contributed by atoms with Crippen molar-refractivity contribution in [3.8, 4) is 0 Å². The van der Waals surface area contributed by atoms with Crippen molar-refractivity contribution in [2.75, 3.05) is 6.61 Å². The minimum absolute atomic E-state index is 0.387. The third kappa shape index (κ3) is 1.85. The molecular formula is C9H12N2O5. The number of aliphatic hydroxyl groups excluding tert-OH is 3. The van der Waals surface area contributed by atoms with Crippen molar-refractivity contribution in [1.29, 1.82) is 0 Å². The lowest BCUT2D eigenvalue weighted by molar-refractivity contribution is -0.0534. The van der Waals surface area contributed by atoms with Gasteiger partial charge < -0.3 is 24.6 Å². The molecule has 1 aromatic rings. The number of aromatic nitrogens is 2. The van der Waals surface area contributed by atoms with E-state index in [1.165, 1.54) is 23.2 Å². The smallest absolute Gasteiger partial charge is 0.272 e. The quantitative estimate of drug-likeness (QED) is 0.533. The first-order valence-electron chi connectivity index (χ1n) is 4.79. The summed E-state index contributed by atoms with van der Waals surface area (Å²) in [6.07, 6.45) is -1.39. The highest BCUT2D eigenvalue weighted by Crippen LogP contribution is 2.28. The van der Waals surface area contributed by atoms with Crippen LogP contribution in [-0.4, -0.2) is 49.8 Å². The maximum Gasteiger partial charge on any atom is 0.272 e. The Morgan fingerprint density at radius 3 is 2.69 bits per heavy atom. The molecule has 0 bridgehead atoms. The lowest BCUT2D eigenvalue weighted by Crippen LogP contribution is -2.33. The van der Waals surface area contributed by atoms with Gasteiger partial charge in [-0.1, -0.05) is 0 Å². The Kier molecular flexibility index (Phi) is 3.01. The van der Waals surface area contributed by atoms with Gasteiger partial charge in [0, 0.05) is 12.3 Å². The second kappa shape index (κ2) is 4.30. The molecule has 3 N–H and O–H groups in total. The fraction of sp³-hybridized carbons (Fsp3) is 0.556. The van der Waals surface area contributed by atoms with E-state index in [9.17, 15) is 15.0 Å². The first-order valence-corrected chi connectivity index (χ1v) is 4.79. The topological polar surface area (TPSA) is 105 Å². The van der Waals surface area contributed by atoms with Crippen LogP contribution < -0.4 is 5.56 Å². The van der Waals surface area contributed by atoms with E-state index in [-0.39, 0.29) is 6.61 Å². The van der Waals surface area contributed by atoms with E-state index in [2.05, 4.69) is 4.98 Å². The largest absolute Gasteiger partial charge is 0.394 e. The number of nitrogens with zero attached hydrogens (tertiary/aromatic N) is 2. The lowest BCUT2D eigenvalue weighted by Gasteiger charge is -2.17. The maximum atomic E-state index is 10.8. The van der Waals surface area contributed by atoms with Crippen LogP contribution in [0.15, 0.2) is 23.4 Å². The molecule has 88 valence electrons. The predicted molar refractivity (Wildman–Crippen MR) is 51.5 cm³/mol. The highest BCUT2D eigenvalue weighted by Gasteiger charge is 2.42. The molecule has 0 aliphatic carbocycles. The molecule has 0 radical (unpaired) electrons. The molecular weight excluding hydrogens is 216 g/mol. The van der Waals surface area contributed by atoms with Gasteiger partial charge in [-0.2, -0.15) is 4.98 Å². The van der Waals surface area contributed by atoms with Gasteiger partial charge in [0.15, 0.2) is 6.23 Å². The van der Waals surface area contributed by atoms with Crippen LogP contribution in [0.5, 0.6) is 0 Å². The summed E-state index contributed by atoms with van der Waals surface area (Å²) in [5, 5.41) is 28.1. The molecule has 1 aliphatic rings. The van der Waals surface area contributed by atoms with Crippen molar-refractivity contribution in [1.82, 2.24) is 9.55 Å². The summed E-state index contributed by atoms with van der Waals surface area (Å²) in [6.45, 7) is -0.387. The SMILES string of the molecule is O=c1ccn([C@H]2O[C@@H](CO)C(O)[C@@H]2O)cn1. The molecule has 1 fully saturated rings. The number of hydrogen-bond acceptors (Lipinski definition) is 6. The Morgan fingerprint density at radius 1 is 1.44 bits per heavy atom. The van der Waals surface area contributed by atoms with Crippen LogP contribution in [0.4, 0.5) is 0 Å². The minimum atomic E-state index is -1.17. The van der Waals surface area contributed by atoms with Crippen molar-refractivity contribution in [3.63, 3.8) is 0 Å². The summed E-state index contributed by atoms with van der Waals surface area (Å²) >= 11 is 0. The number of ether oxygens (including phenoxy) is 1. The van der Waals surface area contributed by atoms with Gasteiger partial charge in [-0.25, -0.2) is 0 Å². The first-order chi connectivity index (χ1) is 7.63. The van der Waals surface area contributed by atoms with Gasteiger partial charge in [0.05, 0.1) is 6.61 Å². The van der Waals surface area contributed by atoms with E-state index in [0.29, 0.717) is 0 Å². The van der Waals surface area contributed by atoms with Gasteiger partial charge in [0.1, 0.15) is 24.6 Å². The lowest BCUT2D eigenvalue weighted by atomic mass is 10.1. The number of rotatable bonds is 2. The van der Waals surface area contributed by atoms with E-state index in [4.69, 9.17) is 9.84 Å². The van der Waals surface area contributed by atoms with Gasteiger partial charge in [0.2, 0.25) is 0 Å². The molecule has 0 amide bonds. The van der Waals surface area contributed by atoms with Crippen LogP contribution in [0, 0.1) is 0 Å². The molecule has 7 heteroatoms. The van der Waals surface area contributed by atoms with E-state index in [1.54, 1.807) is 0 Å². The molecule has 7 nitrogen and oxygen atoms in total. The molecule has 0 spiro atoms. The van der Waals surface area contributed by atoms with Crippen LogP contribution in [0.1, 0.15) is 6.23 Å². The van der Waals surface area contributed by atoms with Gasteiger partial charge in [-0.3, -0.25) is 4.79 Å². The Labute approximate surface area is 90.6 Å². The summed E-state index contributed by atoms with van der Waals surface area (Å²) in [7, 11) is 0. The molecule has 4 atom stereocenters. The summed E-state index contributed by atoms with van der Waals surface area (Å²) in [4.78, 5) is 14.3. The summed E-state index contributed by atoms with van der Waals surface area (Å²) in [5.41, 5.74) is -0.400. The van der Waals surface area contributed by atoms with E-state index in [1.807, 2.05) is 0 Å². The molecule has 0 aromatic carbocycles. The third-order valence-corrected chi connectivity index (χ3v) is 2.52. The van der Waals surface area contributed by atoms with Crippen molar-refractivity contribution >= 4 is 0 Å². The average molecular weight is 228 g/mol. The van der Waals surface area contributed by atoms with Crippen molar-refractivity contribution in [2.45, 2.75) is 24.5 Å². The Morgan fingerprint density at radius 2 is 2.19 bits per heavy atom. The van der Waals surface area contributed by atoms with Crippen molar-refractivity contribution in [2.24, 2.45) is 0 Å². The fourth-order valence-corrected chi connectivity index (χ4v) is 1.63. The molecule has 2 rings (SSSR count). The first kappa shape index (κ1) is 11.2. The highest BCUT2D eigenvalue weighted by atomic mass is 16.6. The van der Waals surface area contributed by atoms with Gasteiger partial charge >= 0.3 is 0 Å². The van der Waals surface area contributed by atoms with Crippen molar-refractivity contribution < 1.29 is 20.1 Å². The van der Waals surface area contributed by atoms with Crippen LogP contribution in [-0.2, 0) is 4.74 Å². The zero-order valence-electron chi connectivity index (χ0n) is 8.30. The van der Waals surface area contributed by atoms with E-state index >= 15 is 0 Å². The Balaban J connectivity index is 2.22. The van der Waals surface area contributed by atoms with Crippen LogP contribution in [0.2, 0.25) is 0 Å². The molecule has 16 heavy (non-hydrogen) atoms. The van der Waals surface area contributed by atoms with Gasteiger partial charge in [-0.15, -0.1) is 0 Å². The normalized spacial score (nSPS) is 34.2. The zero-order valence-corrected chi connectivity index (χ0v) is 8.30. The second-order valence-corrected chi connectivity index (χ2v) is 3.57. The van der Waals surface area contributed by atoms with Crippen molar-refractivity contribution in [3.05, 3.63) is 28.9 Å². The summed E-state index contributed by atoms with van der Waals surface area (Å²) < 4.78 is 6.60. The van der Waals surface area contributed by atoms with E-state index in [0.717, 1.165) is 0 Å². The van der Waals surface area contributed by atoms with E-state index < -0.39 is 30.1 Å². The third-order valence-electron chi connectivity index (χ3n) is 2.52. The van der Waals surface area contributed by atoms with Crippen LogP contribution >= 0.6 is 0 Å². The maximum absolute atomic E-state index is 10.8. The molecule has 2 heterocycles. The van der Waals surface area contributed by atoms with Crippen LogP contribution in [0.25, 0.3) is 0 Å². The Hall–Kier alpha value is -1.28. The Bertz CT molecular complexity index is 400. The second-order valence-electron chi connectivity index (χ2n) is 3.57. The molecule has 1 aromatic heterocycles. The van der Waals surface area contributed by atoms with Crippen LogP contribution in [0.3, 0.4) is 0 Å². The molecule has 1 unspecified atom stereocenters. The fourth-order valence-electron chi connectivity index (χ4n) is 1.63.